The molecule has 7 nitrogen and oxygen atoms in total. The number of nitrogens with zero attached hydrogens (tertiary/aromatic N) is 2. The van der Waals surface area contributed by atoms with Crippen LogP contribution in [0.25, 0.3) is 0 Å². The highest BCUT2D eigenvalue weighted by molar-refractivity contribution is 5.90. The van der Waals surface area contributed by atoms with Gasteiger partial charge in [-0.25, -0.2) is 0 Å². The van der Waals surface area contributed by atoms with Gasteiger partial charge in [-0.3, -0.25) is 14.4 Å². The largest absolute Gasteiger partial charge is 0.484 e. The minimum Gasteiger partial charge on any atom is -0.484 e. The second kappa shape index (κ2) is 9.64. The van der Waals surface area contributed by atoms with E-state index in [0.29, 0.717) is 31.1 Å². The molecule has 4 fully saturated rings. The van der Waals surface area contributed by atoms with Crippen LogP contribution < -0.4 is 10.1 Å². The van der Waals surface area contributed by atoms with E-state index in [0.717, 1.165) is 50.5 Å². The standard InChI is InChI=1S/C28H35N3O4/c1-18-5-7-22(8-6-18)35-17-25(33)31-16-20-3-2-4-23(20)26(31)27(34)30-21(15-29)13-19-9-10-28(11-12-28)14-24(19)32/h5-8,19-21,23,26H,2-4,9-14,16-17H2,1H3,(H,30,34)/t19-,20-,21-,23-,26-/m0/s1. The summed E-state index contributed by atoms with van der Waals surface area (Å²) < 4.78 is 5.71. The summed E-state index contributed by atoms with van der Waals surface area (Å²) in [5, 5.41) is 12.7. The maximum atomic E-state index is 13.4. The van der Waals surface area contributed by atoms with Crippen molar-refractivity contribution in [2.45, 2.75) is 76.8 Å². The van der Waals surface area contributed by atoms with Crippen LogP contribution in [0.3, 0.4) is 0 Å². The molecule has 3 saturated carbocycles. The third-order valence-electron chi connectivity index (χ3n) is 8.84. The quantitative estimate of drug-likeness (QED) is 0.647. The molecule has 7 heteroatoms. The second-order valence-corrected chi connectivity index (χ2v) is 11.3. The van der Waals surface area contributed by atoms with Crippen LogP contribution in [0.2, 0.25) is 0 Å². The van der Waals surface area contributed by atoms with Gasteiger partial charge < -0.3 is 15.0 Å². The van der Waals surface area contributed by atoms with E-state index in [1.807, 2.05) is 31.2 Å². The molecule has 0 bridgehead atoms. The first-order valence-electron chi connectivity index (χ1n) is 13.1. The number of fused-ring (bicyclic) bond motifs is 1. The Kier molecular flexibility index (Phi) is 6.57. The summed E-state index contributed by atoms with van der Waals surface area (Å²) in [5.41, 5.74) is 1.36. The predicted octanol–water partition coefficient (Wildman–Crippen LogP) is 3.55. The molecule has 2 amide bonds. The Morgan fingerprint density at radius 2 is 1.97 bits per heavy atom. The van der Waals surface area contributed by atoms with E-state index in [2.05, 4.69) is 11.4 Å². The number of carbonyl (C=O) groups excluding carboxylic acids is 3. The van der Waals surface area contributed by atoms with Crippen LogP contribution in [0, 0.1) is 41.4 Å². The SMILES string of the molecule is Cc1ccc(OCC(=O)N2C[C@@H]3CCC[C@@H]3[C@H]2C(=O)N[C@H](C#N)C[C@@H]2CCC3(CC3)CC2=O)cc1. The normalized spacial score (nSPS) is 29.4. The monoisotopic (exact) mass is 477 g/mol. The van der Waals surface area contributed by atoms with Crippen molar-refractivity contribution in [3.8, 4) is 11.8 Å². The average molecular weight is 478 g/mol. The van der Waals surface area contributed by atoms with Gasteiger partial charge in [0, 0.05) is 18.9 Å². The number of ketones is 1. The van der Waals surface area contributed by atoms with E-state index in [9.17, 15) is 19.6 Å². The first-order valence-corrected chi connectivity index (χ1v) is 13.1. The maximum Gasteiger partial charge on any atom is 0.261 e. The highest BCUT2D eigenvalue weighted by atomic mass is 16.5. The van der Waals surface area contributed by atoms with Crippen molar-refractivity contribution in [3.05, 3.63) is 29.8 Å². The van der Waals surface area contributed by atoms with Crippen LogP contribution in [-0.2, 0) is 14.4 Å². The Morgan fingerprint density at radius 1 is 1.20 bits per heavy atom. The van der Waals surface area contributed by atoms with Gasteiger partial charge in [-0.1, -0.05) is 24.1 Å². The fourth-order valence-electron chi connectivity index (χ4n) is 6.54. The Hall–Kier alpha value is -2.88. The Bertz CT molecular complexity index is 1030. The van der Waals surface area contributed by atoms with Gasteiger partial charge in [0.1, 0.15) is 23.6 Å². The number of aryl methyl sites for hydroxylation is 1. The van der Waals surface area contributed by atoms with Crippen molar-refractivity contribution in [3.63, 3.8) is 0 Å². The molecule has 186 valence electrons. The highest BCUT2D eigenvalue weighted by Gasteiger charge is 2.51. The molecule has 1 N–H and O–H groups in total. The molecule has 5 atom stereocenters. The van der Waals surface area contributed by atoms with Crippen LogP contribution in [0.4, 0.5) is 0 Å². The Morgan fingerprint density at radius 3 is 2.66 bits per heavy atom. The van der Waals surface area contributed by atoms with Crippen molar-refractivity contribution >= 4 is 17.6 Å². The highest BCUT2D eigenvalue weighted by Crippen LogP contribution is 2.56. The van der Waals surface area contributed by atoms with E-state index in [1.54, 1.807) is 4.90 Å². The first kappa shape index (κ1) is 23.8. The Labute approximate surface area is 207 Å². The van der Waals surface area contributed by atoms with Crippen molar-refractivity contribution in [2.24, 2.45) is 23.2 Å². The van der Waals surface area contributed by atoms with Gasteiger partial charge in [-0.2, -0.15) is 5.26 Å². The smallest absolute Gasteiger partial charge is 0.261 e. The number of rotatable bonds is 7. The van der Waals surface area contributed by atoms with Gasteiger partial charge in [-0.05, 0) is 81.3 Å². The van der Waals surface area contributed by atoms with Gasteiger partial charge >= 0.3 is 0 Å². The second-order valence-electron chi connectivity index (χ2n) is 11.3. The summed E-state index contributed by atoms with van der Waals surface area (Å²) >= 11 is 0. The number of hydrogen-bond donors (Lipinski definition) is 1. The van der Waals surface area contributed by atoms with Gasteiger partial charge in [-0.15, -0.1) is 0 Å². The number of nitrogens with one attached hydrogen (secondary N) is 1. The fourth-order valence-corrected chi connectivity index (χ4v) is 6.54. The molecule has 4 aliphatic rings. The molecular weight excluding hydrogens is 442 g/mol. The number of nitriles is 1. The zero-order valence-electron chi connectivity index (χ0n) is 20.5. The van der Waals surface area contributed by atoms with Crippen molar-refractivity contribution < 1.29 is 19.1 Å². The van der Waals surface area contributed by atoms with E-state index in [4.69, 9.17) is 4.74 Å². The third kappa shape index (κ3) is 5.07. The molecule has 1 aromatic rings. The van der Waals surface area contributed by atoms with Gasteiger partial charge in [0.15, 0.2) is 6.61 Å². The minimum absolute atomic E-state index is 0.115. The number of carbonyl (C=O) groups is 3. The number of likely N-dealkylation sites (tertiary alicyclic amines) is 1. The molecule has 1 aromatic carbocycles. The third-order valence-corrected chi connectivity index (χ3v) is 8.84. The lowest BCUT2D eigenvalue weighted by Gasteiger charge is -2.30. The summed E-state index contributed by atoms with van der Waals surface area (Å²) in [6, 6.07) is 8.44. The van der Waals surface area contributed by atoms with Crippen LogP contribution in [0.1, 0.15) is 63.4 Å². The average Bonchev–Trinajstić information content (AvgIpc) is 3.25. The molecule has 1 aliphatic heterocycles. The van der Waals surface area contributed by atoms with Gasteiger partial charge in [0.05, 0.1) is 6.07 Å². The van der Waals surface area contributed by atoms with Crippen LogP contribution >= 0.6 is 0 Å². The molecule has 5 rings (SSSR count). The van der Waals surface area contributed by atoms with Gasteiger partial charge in [0.2, 0.25) is 5.91 Å². The summed E-state index contributed by atoms with van der Waals surface area (Å²) in [6.45, 7) is 2.43. The molecule has 0 aromatic heterocycles. The van der Waals surface area contributed by atoms with E-state index in [-0.39, 0.29) is 41.5 Å². The maximum absolute atomic E-state index is 13.4. The molecule has 1 heterocycles. The molecule has 35 heavy (non-hydrogen) atoms. The van der Waals surface area contributed by atoms with Crippen molar-refractivity contribution in [1.82, 2.24) is 10.2 Å². The lowest BCUT2D eigenvalue weighted by molar-refractivity contribution is -0.141. The number of amides is 2. The van der Waals surface area contributed by atoms with Gasteiger partial charge in [0.25, 0.3) is 5.91 Å². The summed E-state index contributed by atoms with van der Waals surface area (Å²) in [4.78, 5) is 40.9. The zero-order valence-corrected chi connectivity index (χ0v) is 20.5. The number of benzene rings is 1. The fraction of sp³-hybridized carbons (Fsp3) is 0.643. The lowest BCUT2D eigenvalue weighted by atomic mass is 9.76. The van der Waals surface area contributed by atoms with E-state index >= 15 is 0 Å². The molecule has 0 unspecified atom stereocenters. The number of hydrogen-bond acceptors (Lipinski definition) is 5. The summed E-state index contributed by atoms with van der Waals surface area (Å²) in [5.74, 6) is 0.661. The van der Waals surface area contributed by atoms with Crippen LogP contribution in [0.15, 0.2) is 24.3 Å². The summed E-state index contributed by atoms with van der Waals surface area (Å²) in [6.07, 6.45) is 8.11. The minimum atomic E-state index is -0.717. The zero-order chi connectivity index (χ0) is 24.6. The lowest BCUT2D eigenvalue weighted by Crippen LogP contribution is -2.52. The van der Waals surface area contributed by atoms with Crippen LogP contribution in [0.5, 0.6) is 5.75 Å². The molecule has 3 aliphatic carbocycles. The molecule has 0 radical (unpaired) electrons. The number of ether oxygens (including phenoxy) is 1. The first-order chi connectivity index (χ1) is 16.9. The molecular formula is C28H35N3O4. The van der Waals surface area contributed by atoms with Crippen molar-refractivity contribution in [2.75, 3.05) is 13.2 Å². The number of Topliss-reactive ketones (excluding diaryl/α,β-unsaturated/α-hetero) is 1. The molecule has 1 saturated heterocycles. The van der Waals surface area contributed by atoms with E-state index in [1.165, 1.54) is 0 Å². The Balaban J connectivity index is 1.21. The van der Waals surface area contributed by atoms with Crippen LogP contribution in [-0.4, -0.2) is 47.7 Å². The predicted molar refractivity (Wildman–Crippen MR) is 129 cm³/mol. The topological polar surface area (TPSA) is 99.5 Å². The van der Waals surface area contributed by atoms with E-state index < -0.39 is 12.1 Å². The van der Waals surface area contributed by atoms with Crippen molar-refractivity contribution in [1.29, 1.82) is 5.26 Å². The molecule has 1 spiro atoms. The summed E-state index contributed by atoms with van der Waals surface area (Å²) in [7, 11) is 0.